The molecule has 0 aromatic carbocycles. The van der Waals surface area contributed by atoms with E-state index in [-0.39, 0.29) is 5.82 Å². The summed E-state index contributed by atoms with van der Waals surface area (Å²) in [7, 11) is 0. The molecule has 0 aliphatic heterocycles. The van der Waals surface area contributed by atoms with Crippen molar-refractivity contribution in [2.24, 2.45) is 5.84 Å². The molecule has 0 unspecified atom stereocenters. The van der Waals surface area contributed by atoms with E-state index in [1.807, 2.05) is 18.2 Å². The van der Waals surface area contributed by atoms with Crippen molar-refractivity contribution in [3.8, 4) is 6.07 Å². The molecule has 0 fully saturated rings. The summed E-state index contributed by atoms with van der Waals surface area (Å²) < 4.78 is 1.54. The molecule has 0 spiro atoms. The molecule has 0 saturated heterocycles. The van der Waals surface area contributed by atoms with Crippen LogP contribution in [0.5, 0.6) is 0 Å². The van der Waals surface area contributed by atoms with Crippen LogP contribution in [-0.4, -0.2) is 19.7 Å². The topological polar surface area (TPSA) is 105 Å². The summed E-state index contributed by atoms with van der Waals surface area (Å²) in [4.78, 5) is 8.01. The zero-order valence-corrected chi connectivity index (χ0v) is 8.33. The highest BCUT2D eigenvalue weighted by Crippen LogP contribution is 2.04. The Morgan fingerprint density at radius 2 is 2.38 bits per heavy atom. The first kappa shape index (κ1) is 10.1. The molecule has 2 rings (SSSR count). The summed E-state index contributed by atoms with van der Waals surface area (Å²) in [5.41, 5.74) is 3.24. The first-order valence-electron chi connectivity index (χ1n) is 4.54. The third-order valence-electron chi connectivity index (χ3n) is 1.92. The Kier molecular flexibility index (Phi) is 2.75. The minimum atomic E-state index is 0.146. The summed E-state index contributed by atoms with van der Waals surface area (Å²) in [5, 5.41) is 12.5. The number of nitrogens with one attached hydrogen (secondary N) is 1. The number of nitrogens with two attached hydrogens (primary N) is 1. The van der Waals surface area contributed by atoms with E-state index in [4.69, 9.17) is 11.1 Å². The molecular weight excluding hydrogens is 206 g/mol. The number of pyridine rings is 1. The van der Waals surface area contributed by atoms with Gasteiger partial charge in [-0.25, -0.2) is 20.5 Å². The minimum Gasteiger partial charge on any atom is -0.308 e. The smallest absolute Gasteiger partial charge is 0.252 e. The number of hydrogen-bond donors (Lipinski definition) is 2. The normalized spacial score (nSPS) is 9.75. The Balaban J connectivity index is 2.17. The highest BCUT2D eigenvalue weighted by molar-refractivity contribution is 5.33. The van der Waals surface area contributed by atoms with Crippen molar-refractivity contribution in [3.05, 3.63) is 36.0 Å². The summed E-state index contributed by atoms with van der Waals surface area (Å²) in [6.45, 7) is 0.449. The third-order valence-corrected chi connectivity index (χ3v) is 1.92. The monoisotopic (exact) mass is 215 g/mol. The predicted octanol–water partition coefficient (Wildman–Crippen LogP) is -0.121. The Labute approximate surface area is 91.5 Å². The molecule has 0 radical (unpaired) electrons. The summed E-state index contributed by atoms with van der Waals surface area (Å²) >= 11 is 0. The molecular formula is C9H9N7. The lowest BCUT2D eigenvalue weighted by molar-refractivity contribution is 0.669. The van der Waals surface area contributed by atoms with Gasteiger partial charge in [-0.2, -0.15) is 5.26 Å². The molecule has 2 aromatic heterocycles. The molecule has 3 N–H and O–H groups in total. The van der Waals surface area contributed by atoms with Crippen molar-refractivity contribution in [2.45, 2.75) is 6.54 Å². The number of hydrogen-bond acceptors (Lipinski definition) is 6. The molecule has 0 atom stereocenters. The van der Waals surface area contributed by atoms with Gasteiger partial charge in [-0.15, -0.1) is 5.10 Å². The highest BCUT2D eigenvalue weighted by Gasteiger charge is 2.01. The summed E-state index contributed by atoms with van der Waals surface area (Å²) in [5.74, 6) is 5.98. The van der Waals surface area contributed by atoms with Gasteiger partial charge in [-0.1, -0.05) is 6.07 Å². The summed E-state index contributed by atoms with van der Waals surface area (Å²) in [6.07, 6.45) is 1.49. The maximum Gasteiger partial charge on any atom is 0.252 e. The Bertz CT molecular complexity index is 525. The number of nitriles is 1. The van der Waals surface area contributed by atoms with Gasteiger partial charge in [0.05, 0.1) is 12.2 Å². The Morgan fingerprint density at radius 3 is 3.06 bits per heavy atom. The van der Waals surface area contributed by atoms with Gasteiger partial charge in [-0.3, -0.25) is 0 Å². The lowest BCUT2D eigenvalue weighted by atomic mass is 10.3. The van der Waals surface area contributed by atoms with Crippen LogP contribution in [0.15, 0.2) is 24.5 Å². The van der Waals surface area contributed by atoms with Crippen molar-refractivity contribution >= 4 is 5.82 Å². The van der Waals surface area contributed by atoms with E-state index in [2.05, 4.69) is 20.5 Å². The second-order valence-corrected chi connectivity index (χ2v) is 3.04. The molecule has 2 heterocycles. The van der Waals surface area contributed by atoms with Crippen LogP contribution < -0.4 is 11.3 Å². The largest absolute Gasteiger partial charge is 0.308 e. The molecule has 0 bridgehead atoms. The Morgan fingerprint density at radius 1 is 1.50 bits per heavy atom. The minimum absolute atomic E-state index is 0.146. The zero-order valence-electron chi connectivity index (χ0n) is 8.33. The van der Waals surface area contributed by atoms with Crippen LogP contribution in [0.3, 0.4) is 0 Å². The predicted molar refractivity (Wildman–Crippen MR) is 55.9 cm³/mol. The zero-order chi connectivity index (χ0) is 11.4. The molecule has 0 amide bonds. The molecule has 16 heavy (non-hydrogen) atoms. The maximum absolute atomic E-state index is 8.57. The number of anilines is 1. The molecule has 2 aromatic rings. The number of nitrogen functional groups attached to an aromatic ring is 1. The van der Waals surface area contributed by atoms with E-state index in [0.717, 1.165) is 5.69 Å². The average molecular weight is 215 g/mol. The van der Waals surface area contributed by atoms with Crippen LogP contribution in [0.4, 0.5) is 5.82 Å². The van der Waals surface area contributed by atoms with Crippen molar-refractivity contribution in [1.82, 2.24) is 19.7 Å². The van der Waals surface area contributed by atoms with E-state index in [9.17, 15) is 0 Å². The van der Waals surface area contributed by atoms with Crippen LogP contribution in [0.2, 0.25) is 0 Å². The van der Waals surface area contributed by atoms with Crippen LogP contribution in [0, 0.1) is 11.3 Å². The van der Waals surface area contributed by atoms with Gasteiger partial charge in [0.15, 0.2) is 0 Å². The van der Waals surface area contributed by atoms with Crippen LogP contribution >= 0.6 is 0 Å². The van der Waals surface area contributed by atoms with Gasteiger partial charge >= 0.3 is 0 Å². The standard InChI is InChI=1S/C9H9N7/c10-4-9-12-6-16(15-9)5-7-2-1-3-8(13-7)14-11/h1-3,6H,5,11H2,(H,13,14). The maximum atomic E-state index is 8.57. The first-order chi connectivity index (χ1) is 7.81. The highest BCUT2D eigenvalue weighted by atomic mass is 15.3. The molecule has 0 aliphatic carbocycles. The van der Waals surface area contributed by atoms with Gasteiger partial charge in [0.2, 0.25) is 0 Å². The lowest BCUT2D eigenvalue weighted by Gasteiger charge is -2.02. The first-order valence-corrected chi connectivity index (χ1v) is 4.54. The lowest BCUT2D eigenvalue weighted by Crippen LogP contribution is -2.10. The number of rotatable bonds is 3. The molecule has 80 valence electrons. The van der Waals surface area contributed by atoms with E-state index >= 15 is 0 Å². The molecule has 7 nitrogen and oxygen atoms in total. The third kappa shape index (κ3) is 2.13. The van der Waals surface area contributed by atoms with E-state index in [0.29, 0.717) is 12.4 Å². The van der Waals surface area contributed by atoms with Crippen molar-refractivity contribution in [1.29, 1.82) is 5.26 Å². The van der Waals surface area contributed by atoms with Crippen molar-refractivity contribution in [2.75, 3.05) is 5.43 Å². The second-order valence-electron chi connectivity index (χ2n) is 3.04. The average Bonchev–Trinajstić information content (AvgIpc) is 2.77. The van der Waals surface area contributed by atoms with E-state index in [1.165, 1.54) is 6.33 Å². The van der Waals surface area contributed by atoms with Crippen molar-refractivity contribution < 1.29 is 0 Å². The van der Waals surface area contributed by atoms with Crippen LogP contribution in [0.25, 0.3) is 0 Å². The van der Waals surface area contributed by atoms with Crippen LogP contribution in [0.1, 0.15) is 11.5 Å². The van der Waals surface area contributed by atoms with Gasteiger partial charge in [0.25, 0.3) is 5.82 Å². The fourth-order valence-electron chi connectivity index (χ4n) is 1.24. The number of hydrazine groups is 1. The second kappa shape index (κ2) is 4.37. The fourth-order valence-corrected chi connectivity index (χ4v) is 1.24. The summed E-state index contributed by atoms with van der Waals surface area (Å²) in [6, 6.07) is 7.29. The van der Waals surface area contributed by atoms with Gasteiger partial charge in [0.1, 0.15) is 18.2 Å². The van der Waals surface area contributed by atoms with E-state index < -0.39 is 0 Å². The quantitative estimate of drug-likeness (QED) is 0.546. The SMILES string of the molecule is N#Cc1ncn(Cc2cccc(NN)n2)n1. The van der Waals surface area contributed by atoms with Crippen molar-refractivity contribution in [3.63, 3.8) is 0 Å². The molecule has 0 saturated carbocycles. The Hall–Kier alpha value is -2.46. The van der Waals surface area contributed by atoms with Gasteiger partial charge < -0.3 is 5.43 Å². The van der Waals surface area contributed by atoms with Crippen LogP contribution in [-0.2, 0) is 6.54 Å². The molecule has 7 heteroatoms. The molecule has 0 aliphatic rings. The van der Waals surface area contributed by atoms with Gasteiger partial charge in [0, 0.05) is 0 Å². The van der Waals surface area contributed by atoms with Gasteiger partial charge in [-0.05, 0) is 12.1 Å². The van der Waals surface area contributed by atoms with E-state index in [1.54, 1.807) is 10.7 Å². The fraction of sp³-hybridized carbons (Fsp3) is 0.111. The number of aromatic nitrogens is 4. The number of nitrogens with zero attached hydrogens (tertiary/aromatic N) is 5.